The summed E-state index contributed by atoms with van der Waals surface area (Å²) in [5.74, 6) is 0. The second-order valence-electron chi connectivity index (χ2n) is 6.44. The second kappa shape index (κ2) is 8.06. The molecule has 0 atom stereocenters. The van der Waals surface area contributed by atoms with Crippen molar-refractivity contribution in [3.63, 3.8) is 0 Å². The Hall–Kier alpha value is -2.49. The molecule has 0 radical (unpaired) electrons. The van der Waals surface area contributed by atoms with Crippen LogP contribution in [0, 0.1) is 0 Å². The molecule has 0 bridgehead atoms. The molecule has 4 nitrogen and oxygen atoms in total. The molecular formula is C21H27N3O. The number of carbonyl (C=O) groups is 1. The largest absolute Gasteiger partial charge is 0.368 e. The molecule has 3 rings (SSSR count). The van der Waals surface area contributed by atoms with E-state index < -0.39 is 0 Å². The number of benzene rings is 2. The van der Waals surface area contributed by atoms with Crippen LogP contribution < -0.4 is 10.2 Å². The van der Waals surface area contributed by atoms with Crippen molar-refractivity contribution in [2.45, 2.75) is 26.7 Å². The van der Waals surface area contributed by atoms with Crippen molar-refractivity contribution in [1.82, 2.24) is 4.90 Å². The first-order chi connectivity index (χ1) is 12.2. The van der Waals surface area contributed by atoms with Crippen LogP contribution in [-0.4, -0.2) is 37.1 Å². The smallest absolute Gasteiger partial charge is 0.321 e. The first-order valence-electron chi connectivity index (χ1n) is 9.19. The summed E-state index contributed by atoms with van der Waals surface area (Å²) >= 11 is 0. The number of amides is 2. The molecule has 2 aromatic carbocycles. The maximum Gasteiger partial charge on any atom is 0.321 e. The highest BCUT2D eigenvalue weighted by atomic mass is 16.2. The number of urea groups is 1. The Morgan fingerprint density at radius 2 is 1.60 bits per heavy atom. The van der Waals surface area contributed by atoms with Gasteiger partial charge in [0.2, 0.25) is 0 Å². The SMILES string of the molecule is CCc1ccc(NC(=O)N2CCN(c3ccccc3CC)CC2)cc1. The van der Waals surface area contributed by atoms with Gasteiger partial charge in [0.25, 0.3) is 0 Å². The molecule has 25 heavy (non-hydrogen) atoms. The number of piperazine rings is 1. The van der Waals surface area contributed by atoms with Gasteiger partial charge in [-0.3, -0.25) is 0 Å². The van der Waals surface area contributed by atoms with Crippen LogP contribution in [0.2, 0.25) is 0 Å². The first kappa shape index (κ1) is 17.3. The van der Waals surface area contributed by atoms with Gasteiger partial charge in [0, 0.05) is 37.6 Å². The van der Waals surface area contributed by atoms with E-state index in [4.69, 9.17) is 0 Å². The van der Waals surface area contributed by atoms with E-state index in [1.807, 2.05) is 17.0 Å². The number of nitrogens with one attached hydrogen (secondary N) is 1. The third kappa shape index (κ3) is 4.13. The Labute approximate surface area is 150 Å². The molecule has 1 N–H and O–H groups in total. The third-order valence-electron chi connectivity index (χ3n) is 4.89. The summed E-state index contributed by atoms with van der Waals surface area (Å²) in [6, 6.07) is 16.6. The van der Waals surface area contributed by atoms with Crippen LogP contribution in [-0.2, 0) is 12.8 Å². The fourth-order valence-corrected chi connectivity index (χ4v) is 3.30. The van der Waals surface area contributed by atoms with Crippen LogP contribution in [0.3, 0.4) is 0 Å². The van der Waals surface area contributed by atoms with Crippen molar-refractivity contribution < 1.29 is 4.79 Å². The van der Waals surface area contributed by atoms with Gasteiger partial charge in [0.05, 0.1) is 0 Å². The number of rotatable bonds is 4. The van der Waals surface area contributed by atoms with Gasteiger partial charge in [0.1, 0.15) is 0 Å². The number of anilines is 2. The molecule has 2 aromatic rings. The molecule has 1 heterocycles. The Balaban J connectivity index is 1.57. The topological polar surface area (TPSA) is 35.6 Å². The quantitative estimate of drug-likeness (QED) is 0.909. The van der Waals surface area contributed by atoms with Crippen molar-refractivity contribution in [2.24, 2.45) is 0 Å². The van der Waals surface area contributed by atoms with Gasteiger partial charge >= 0.3 is 6.03 Å². The highest BCUT2D eigenvalue weighted by molar-refractivity contribution is 5.89. The molecule has 0 aromatic heterocycles. The minimum Gasteiger partial charge on any atom is -0.368 e. The van der Waals surface area contributed by atoms with E-state index in [0.717, 1.165) is 44.7 Å². The minimum atomic E-state index is -0.00678. The van der Waals surface area contributed by atoms with Gasteiger partial charge in [-0.05, 0) is 42.2 Å². The Kier molecular flexibility index (Phi) is 5.59. The van der Waals surface area contributed by atoms with Gasteiger partial charge in [-0.15, -0.1) is 0 Å². The summed E-state index contributed by atoms with van der Waals surface area (Å²) in [4.78, 5) is 16.8. The van der Waals surface area contributed by atoms with Crippen LogP contribution in [0.4, 0.5) is 16.2 Å². The normalized spacial score (nSPS) is 14.5. The lowest BCUT2D eigenvalue weighted by molar-refractivity contribution is 0.208. The van der Waals surface area contributed by atoms with E-state index >= 15 is 0 Å². The maximum atomic E-state index is 12.5. The predicted molar refractivity (Wildman–Crippen MR) is 104 cm³/mol. The lowest BCUT2D eigenvalue weighted by Gasteiger charge is -2.37. The van der Waals surface area contributed by atoms with E-state index in [0.29, 0.717) is 0 Å². The summed E-state index contributed by atoms with van der Waals surface area (Å²) in [5, 5.41) is 3.01. The number of hydrogen-bond acceptors (Lipinski definition) is 2. The predicted octanol–water partition coefficient (Wildman–Crippen LogP) is 4.17. The highest BCUT2D eigenvalue weighted by Crippen LogP contribution is 2.22. The van der Waals surface area contributed by atoms with Gasteiger partial charge in [-0.1, -0.05) is 44.2 Å². The Bertz CT molecular complexity index is 703. The number of hydrogen-bond donors (Lipinski definition) is 1. The van der Waals surface area contributed by atoms with E-state index in [9.17, 15) is 4.79 Å². The van der Waals surface area contributed by atoms with Crippen molar-refractivity contribution >= 4 is 17.4 Å². The number of aryl methyl sites for hydroxylation is 2. The lowest BCUT2D eigenvalue weighted by atomic mass is 10.1. The molecular weight excluding hydrogens is 310 g/mol. The summed E-state index contributed by atoms with van der Waals surface area (Å²) in [5.41, 5.74) is 4.82. The molecule has 2 amide bonds. The van der Waals surface area contributed by atoms with Crippen LogP contribution in [0.1, 0.15) is 25.0 Å². The molecule has 1 saturated heterocycles. The molecule has 1 fully saturated rings. The second-order valence-corrected chi connectivity index (χ2v) is 6.44. The molecule has 1 aliphatic rings. The minimum absolute atomic E-state index is 0.00678. The summed E-state index contributed by atoms with van der Waals surface area (Å²) < 4.78 is 0. The average molecular weight is 337 g/mol. The molecule has 132 valence electrons. The average Bonchev–Trinajstić information content (AvgIpc) is 2.68. The van der Waals surface area contributed by atoms with Gasteiger partial charge in [-0.25, -0.2) is 4.79 Å². The van der Waals surface area contributed by atoms with E-state index in [2.05, 4.69) is 60.5 Å². The van der Waals surface area contributed by atoms with Crippen molar-refractivity contribution in [1.29, 1.82) is 0 Å². The summed E-state index contributed by atoms with van der Waals surface area (Å²) in [7, 11) is 0. The summed E-state index contributed by atoms with van der Waals surface area (Å²) in [6.07, 6.45) is 2.04. The maximum absolute atomic E-state index is 12.5. The van der Waals surface area contributed by atoms with Crippen molar-refractivity contribution in [3.8, 4) is 0 Å². The van der Waals surface area contributed by atoms with Crippen molar-refractivity contribution in [2.75, 3.05) is 36.4 Å². The molecule has 0 saturated carbocycles. The lowest BCUT2D eigenvalue weighted by Crippen LogP contribution is -2.50. The van der Waals surface area contributed by atoms with Crippen LogP contribution in [0.25, 0.3) is 0 Å². The monoisotopic (exact) mass is 337 g/mol. The van der Waals surface area contributed by atoms with Gasteiger partial charge in [0.15, 0.2) is 0 Å². The number of carbonyl (C=O) groups excluding carboxylic acids is 1. The molecule has 0 aliphatic carbocycles. The zero-order chi connectivity index (χ0) is 17.6. The standard InChI is InChI=1S/C21H27N3O/c1-3-17-9-11-19(12-10-17)22-21(25)24-15-13-23(14-16-24)20-8-6-5-7-18(20)4-2/h5-12H,3-4,13-16H2,1-2H3,(H,22,25). The van der Waals surface area contributed by atoms with Crippen LogP contribution >= 0.6 is 0 Å². The van der Waals surface area contributed by atoms with Crippen molar-refractivity contribution in [3.05, 3.63) is 59.7 Å². The zero-order valence-corrected chi connectivity index (χ0v) is 15.2. The van der Waals surface area contributed by atoms with Crippen LogP contribution in [0.5, 0.6) is 0 Å². The highest BCUT2D eigenvalue weighted by Gasteiger charge is 2.22. The molecule has 4 heteroatoms. The fourth-order valence-electron chi connectivity index (χ4n) is 3.30. The Morgan fingerprint density at radius 1 is 0.920 bits per heavy atom. The van der Waals surface area contributed by atoms with Crippen LogP contribution in [0.15, 0.2) is 48.5 Å². The fraction of sp³-hybridized carbons (Fsp3) is 0.381. The van der Waals surface area contributed by atoms with Gasteiger partial charge in [-0.2, -0.15) is 0 Å². The zero-order valence-electron chi connectivity index (χ0n) is 15.2. The number of para-hydroxylation sites is 1. The van der Waals surface area contributed by atoms with E-state index in [1.165, 1.54) is 16.8 Å². The van der Waals surface area contributed by atoms with Gasteiger partial charge < -0.3 is 15.1 Å². The summed E-state index contributed by atoms with van der Waals surface area (Å²) in [6.45, 7) is 7.56. The number of nitrogens with zero attached hydrogens (tertiary/aromatic N) is 2. The molecule has 0 spiro atoms. The molecule has 1 aliphatic heterocycles. The van der Waals surface area contributed by atoms with E-state index in [1.54, 1.807) is 0 Å². The van der Waals surface area contributed by atoms with E-state index in [-0.39, 0.29) is 6.03 Å². The molecule has 0 unspecified atom stereocenters. The Morgan fingerprint density at radius 3 is 2.24 bits per heavy atom. The first-order valence-corrected chi connectivity index (χ1v) is 9.19. The third-order valence-corrected chi connectivity index (χ3v) is 4.89.